The summed E-state index contributed by atoms with van der Waals surface area (Å²) >= 11 is 0. The molecule has 0 aliphatic carbocycles. The summed E-state index contributed by atoms with van der Waals surface area (Å²) in [5, 5.41) is 13.0. The highest BCUT2D eigenvalue weighted by molar-refractivity contribution is 5.28. The maximum absolute atomic E-state index is 9.66. The standard InChI is InChI=1S/C24H41N3O2/c1-2-3-4-5-6-7-8-9-10-11-12-13-14-16-22-17-15-18-24(19-22)29-21-23(28)20-26-27-25/h15,17-19,23,28H,2-14,16,20-21H2,1H3. The molecule has 1 unspecified atom stereocenters. The van der Waals surface area contributed by atoms with Crippen LogP contribution in [0.25, 0.3) is 10.4 Å². The van der Waals surface area contributed by atoms with Gasteiger partial charge in [0.1, 0.15) is 12.4 Å². The van der Waals surface area contributed by atoms with Gasteiger partial charge in [-0.05, 0) is 36.1 Å². The van der Waals surface area contributed by atoms with Gasteiger partial charge in [-0.15, -0.1) is 0 Å². The number of nitrogens with zero attached hydrogens (tertiary/aromatic N) is 3. The highest BCUT2D eigenvalue weighted by Gasteiger charge is 2.04. The van der Waals surface area contributed by atoms with Gasteiger partial charge in [-0.2, -0.15) is 0 Å². The monoisotopic (exact) mass is 403 g/mol. The lowest BCUT2D eigenvalue weighted by Crippen LogP contribution is -2.20. The molecule has 1 N–H and O–H groups in total. The van der Waals surface area contributed by atoms with E-state index in [0.29, 0.717) is 0 Å². The zero-order chi connectivity index (χ0) is 21.0. The first kappa shape index (κ1) is 25.3. The second-order valence-corrected chi connectivity index (χ2v) is 8.02. The molecule has 0 radical (unpaired) electrons. The van der Waals surface area contributed by atoms with Crippen LogP contribution in [-0.4, -0.2) is 24.4 Å². The molecule has 0 amide bonds. The molecule has 1 aromatic rings. The van der Waals surface area contributed by atoms with Crippen molar-refractivity contribution in [3.8, 4) is 5.75 Å². The lowest BCUT2D eigenvalue weighted by molar-refractivity contribution is 0.114. The average molecular weight is 404 g/mol. The van der Waals surface area contributed by atoms with Crippen LogP contribution in [0.3, 0.4) is 0 Å². The second-order valence-electron chi connectivity index (χ2n) is 8.02. The van der Waals surface area contributed by atoms with E-state index < -0.39 is 6.10 Å². The Morgan fingerprint density at radius 3 is 2.10 bits per heavy atom. The van der Waals surface area contributed by atoms with Gasteiger partial charge in [0.05, 0.1) is 12.6 Å². The molecule has 5 heteroatoms. The van der Waals surface area contributed by atoms with Gasteiger partial charge in [0.15, 0.2) is 0 Å². The Bertz CT molecular complexity index is 559. The molecule has 1 rings (SSSR count). The summed E-state index contributed by atoms with van der Waals surface area (Å²) in [4.78, 5) is 2.64. The third-order valence-electron chi connectivity index (χ3n) is 5.27. The molecule has 0 aliphatic rings. The Labute approximate surface area is 177 Å². The van der Waals surface area contributed by atoms with Gasteiger partial charge in [0.2, 0.25) is 0 Å². The summed E-state index contributed by atoms with van der Waals surface area (Å²) in [6, 6.07) is 8.06. The fourth-order valence-electron chi connectivity index (χ4n) is 3.51. The van der Waals surface area contributed by atoms with Gasteiger partial charge in [0.25, 0.3) is 0 Å². The van der Waals surface area contributed by atoms with Crippen molar-refractivity contribution in [2.75, 3.05) is 13.2 Å². The minimum atomic E-state index is -0.768. The van der Waals surface area contributed by atoms with E-state index in [9.17, 15) is 5.11 Å². The van der Waals surface area contributed by atoms with Crippen molar-refractivity contribution in [1.29, 1.82) is 0 Å². The number of hydrogen-bond donors (Lipinski definition) is 1. The number of aliphatic hydroxyl groups is 1. The van der Waals surface area contributed by atoms with E-state index in [2.05, 4.69) is 23.0 Å². The topological polar surface area (TPSA) is 78.2 Å². The smallest absolute Gasteiger partial charge is 0.119 e. The van der Waals surface area contributed by atoms with Gasteiger partial charge in [0, 0.05) is 4.91 Å². The molecule has 0 fully saturated rings. The first-order chi connectivity index (χ1) is 14.3. The number of aliphatic hydroxyl groups excluding tert-OH is 1. The van der Waals surface area contributed by atoms with Crippen molar-refractivity contribution >= 4 is 0 Å². The number of unbranched alkanes of at least 4 members (excludes halogenated alkanes) is 12. The van der Waals surface area contributed by atoms with E-state index in [4.69, 9.17) is 10.3 Å². The Kier molecular flexibility index (Phi) is 16.0. The van der Waals surface area contributed by atoms with Crippen molar-refractivity contribution in [2.45, 2.75) is 103 Å². The maximum Gasteiger partial charge on any atom is 0.119 e. The fraction of sp³-hybridized carbons (Fsp3) is 0.750. The third-order valence-corrected chi connectivity index (χ3v) is 5.27. The molecule has 29 heavy (non-hydrogen) atoms. The van der Waals surface area contributed by atoms with Crippen LogP contribution >= 0.6 is 0 Å². The van der Waals surface area contributed by atoms with Crippen molar-refractivity contribution in [1.82, 2.24) is 0 Å². The van der Waals surface area contributed by atoms with Crippen molar-refractivity contribution in [2.24, 2.45) is 5.11 Å². The molecule has 0 saturated carbocycles. The molecule has 0 heterocycles. The number of azide groups is 1. The molecular formula is C24H41N3O2. The van der Waals surface area contributed by atoms with Crippen LogP contribution < -0.4 is 4.74 Å². The zero-order valence-corrected chi connectivity index (χ0v) is 18.4. The maximum atomic E-state index is 9.66. The van der Waals surface area contributed by atoms with Crippen LogP contribution in [0.15, 0.2) is 29.4 Å². The van der Waals surface area contributed by atoms with Crippen LogP contribution in [0, 0.1) is 0 Å². The molecule has 0 aliphatic heterocycles. The van der Waals surface area contributed by atoms with Crippen LogP contribution in [0.4, 0.5) is 0 Å². The lowest BCUT2D eigenvalue weighted by Gasteiger charge is -2.11. The Morgan fingerprint density at radius 1 is 0.931 bits per heavy atom. The highest BCUT2D eigenvalue weighted by Crippen LogP contribution is 2.17. The zero-order valence-electron chi connectivity index (χ0n) is 18.4. The normalized spacial score (nSPS) is 11.8. The summed E-state index contributed by atoms with van der Waals surface area (Å²) in [5.41, 5.74) is 9.53. The average Bonchev–Trinajstić information content (AvgIpc) is 2.74. The number of ether oxygens (including phenoxy) is 1. The van der Waals surface area contributed by atoms with Crippen LogP contribution in [0.5, 0.6) is 5.75 Å². The van der Waals surface area contributed by atoms with Gasteiger partial charge in [-0.25, -0.2) is 0 Å². The molecule has 0 aromatic heterocycles. The fourth-order valence-corrected chi connectivity index (χ4v) is 3.51. The van der Waals surface area contributed by atoms with E-state index in [-0.39, 0.29) is 13.2 Å². The van der Waals surface area contributed by atoms with Gasteiger partial charge < -0.3 is 9.84 Å². The SMILES string of the molecule is CCCCCCCCCCCCCCCc1cccc(OCC(O)CN=[N+]=[N-])c1. The van der Waals surface area contributed by atoms with Crippen molar-refractivity contribution in [3.63, 3.8) is 0 Å². The molecule has 164 valence electrons. The van der Waals surface area contributed by atoms with E-state index in [1.54, 1.807) is 0 Å². The van der Waals surface area contributed by atoms with Gasteiger partial charge in [-0.3, -0.25) is 0 Å². The largest absolute Gasteiger partial charge is 0.491 e. The predicted octanol–water partition coefficient (Wildman–Crippen LogP) is 7.37. The van der Waals surface area contributed by atoms with E-state index in [0.717, 1.165) is 12.2 Å². The lowest BCUT2D eigenvalue weighted by atomic mass is 10.0. The molecule has 1 atom stereocenters. The number of hydrogen-bond acceptors (Lipinski definition) is 3. The summed E-state index contributed by atoms with van der Waals surface area (Å²) in [6.07, 6.45) is 18.1. The van der Waals surface area contributed by atoms with E-state index >= 15 is 0 Å². The van der Waals surface area contributed by atoms with Crippen LogP contribution in [0.2, 0.25) is 0 Å². The summed E-state index contributed by atoms with van der Waals surface area (Å²) in [5.74, 6) is 0.761. The molecular weight excluding hydrogens is 362 g/mol. The predicted molar refractivity (Wildman–Crippen MR) is 121 cm³/mol. The first-order valence-corrected chi connectivity index (χ1v) is 11.7. The molecule has 1 aromatic carbocycles. The molecule has 0 bridgehead atoms. The number of benzene rings is 1. The quantitative estimate of drug-likeness (QED) is 0.113. The van der Waals surface area contributed by atoms with E-state index in [1.165, 1.54) is 89.0 Å². The minimum Gasteiger partial charge on any atom is -0.491 e. The second kappa shape index (κ2) is 18.3. The van der Waals surface area contributed by atoms with Gasteiger partial charge >= 0.3 is 0 Å². The van der Waals surface area contributed by atoms with E-state index in [1.807, 2.05) is 18.2 Å². The number of rotatable bonds is 19. The number of aryl methyl sites for hydroxylation is 1. The molecule has 0 saturated heterocycles. The summed E-state index contributed by atoms with van der Waals surface area (Å²) in [6.45, 7) is 2.45. The van der Waals surface area contributed by atoms with Crippen molar-refractivity contribution in [3.05, 3.63) is 40.3 Å². The molecule has 0 spiro atoms. The highest BCUT2D eigenvalue weighted by atomic mass is 16.5. The van der Waals surface area contributed by atoms with Crippen LogP contribution in [0.1, 0.15) is 96.0 Å². The van der Waals surface area contributed by atoms with Crippen molar-refractivity contribution < 1.29 is 9.84 Å². The van der Waals surface area contributed by atoms with Crippen LogP contribution in [-0.2, 0) is 6.42 Å². The minimum absolute atomic E-state index is 0.0369. The Hall–Kier alpha value is -1.71. The van der Waals surface area contributed by atoms with Gasteiger partial charge in [-0.1, -0.05) is 101 Å². The third kappa shape index (κ3) is 14.9. The summed E-state index contributed by atoms with van der Waals surface area (Å²) < 4.78 is 5.59. The Morgan fingerprint density at radius 2 is 1.52 bits per heavy atom. The first-order valence-electron chi connectivity index (χ1n) is 11.7. The Balaban J connectivity index is 2.01. The summed E-state index contributed by atoms with van der Waals surface area (Å²) in [7, 11) is 0. The molecule has 5 nitrogen and oxygen atoms in total.